The Balaban J connectivity index is 1.83. The third-order valence-electron chi connectivity index (χ3n) is 4.90. The highest BCUT2D eigenvalue weighted by Gasteiger charge is 2.22. The quantitative estimate of drug-likeness (QED) is 0.902. The Morgan fingerprint density at radius 2 is 1.87 bits per heavy atom. The van der Waals surface area contributed by atoms with E-state index >= 15 is 0 Å². The van der Waals surface area contributed by atoms with Gasteiger partial charge in [0.2, 0.25) is 5.91 Å². The Kier molecular flexibility index (Phi) is 6.20. The van der Waals surface area contributed by atoms with E-state index in [0.29, 0.717) is 18.8 Å². The summed E-state index contributed by atoms with van der Waals surface area (Å²) in [5.74, 6) is 0.725. The van der Waals surface area contributed by atoms with E-state index in [9.17, 15) is 9.59 Å². The molecular formula is C19H27NO3. The molecule has 1 aromatic carbocycles. The van der Waals surface area contributed by atoms with Crippen molar-refractivity contribution >= 4 is 11.9 Å². The molecule has 1 amide bonds. The fourth-order valence-electron chi connectivity index (χ4n) is 3.26. The van der Waals surface area contributed by atoms with E-state index < -0.39 is 5.97 Å². The van der Waals surface area contributed by atoms with Crippen LogP contribution in [0.4, 0.5) is 0 Å². The van der Waals surface area contributed by atoms with Gasteiger partial charge in [-0.05, 0) is 55.2 Å². The smallest absolute Gasteiger partial charge is 0.335 e. The molecule has 126 valence electrons. The molecule has 1 heterocycles. The van der Waals surface area contributed by atoms with Gasteiger partial charge in [0, 0.05) is 19.5 Å². The highest BCUT2D eigenvalue weighted by atomic mass is 16.4. The fraction of sp³-hybridized carbons (Fsp3) is 0.579. The number of aryl methyl sites for hydroxylation is 1. The normalized spacial score (nSPS) is 18.7. The molecule has 4 heteroatoms. The molecule has 1 N–H and O–H groups in total. The number of nitrogens with zero attached hydrogens (tertiary/aromatic N) is 1. The molecule has 1 fully saturated rings. The van der Waals surface area contributed by atoms with Crippen molar-refractivity contribution in [2.24, 2.45) is 11.8 Å². The van der Waals surface area contributed by atoms with E-state index in [1.165, 1.54) is 6.42 Å². The lowest BCUT2D eigenvalue weighted by Gasteiger charge is -2.21. The van der Waals surface area contributed by atoms with Gasteiger partial charge in [0.25, 0.3) is 0 Å². The number of rotatable bonds is 5. The molecule has 0 aromatic heterocycles. The molecule has 0 bridgehead atoms. The van der Waals surface area contributed by atoms with E-state index in [0.717, 1.165) is 37.4 Å². The molecule has 1 aliphatic heterocycles. The average molecular weight is 317 g/mol. The zero-order valence-corrected chi connectivity index (χ0v) is 14.1. The molecule has 1 aliphatic rings. The zero-order valence-electron chi connectivity index (χ0n) is 14.1. The van der Waals surface area contributed by atoms with Crippen molar-refractivity contribution in [3.63, 3.8) is 0 Å². The predicted molar refractivity (Wildman–Crippen MR) is 90.5 cm³/mol. The first-order valence-electron chi connectivity index (χ1n) is 8.57. The summed E-state index contributed by atoms with van der Waals surface area (Å²) in [6.45, 7) is 6.28. The molecular weight excluding hydrogens is 290 g/mol. The highest BCUT2D eigenvalue weighted by molar-refractivity contribution is 5.87. The van der Waals surface area contributed by atoms with Crippen LogP contribution in [0.25, 0.3) is 0 Å². The van der Waals surface area contributed by atoms with Crippen LogP contribution in [0.3, 0.4) is 0 Å². The summed E-state index contributed by atoms with van der Waals surface area (Å²) in [7, 11) is 0. The van der Waals surface area contributed by atoms with Gasteiger partial charge >= 0.3 is 5.97 Å². The van der Waals surface area contributed by atoms with Gasteiger partial charge < -0.3 is 10.0 Å². The Morgan fingerprint density at radius 1 is 1.17 bits per heavy atom. The SMILES string of the molecule is CC(C)C1CCCN(C(=O)CCc2ccc(C(=O)O)cc2)CC1. The number of carbonyl (C=O) groups excluding carboxylic acids is 1. The van der Waals surface area contributed by atoms with Gasteiger partial charge in [-0.2, -0.15) is 0 Å². The molecule has 4 nitrogen and oxygen atoms in total. The molecule has 2 rings (SSSR count). The van der Waals surface area contributed by atoms with Crippen molar-refractivity contribution in [1.82, 2.24) is 4.90 Å². The second kappa shape index (κ2) is 8.14. The third kappa shape index (κ3) is 5.08. The molecule has 1 saturated heterocycles. The second-order valence-corrected chi connectivity index (χ2v) is 6.82. The van der Waals surface area contributed by atoms with Crippen LogP contribution in [-0.2, 0) is 11.2 Å². The first-order chi connectivity index (χ1) is 11.0. The summed E-state index contributed by atoms with van der Waals surface area (Å²) in [6.07, 6.45) is 4.60. The summed E-state index contributed by atoms with van der Waals surface area (Å²) in [6, 6.07) is 6.80. The van der Waals surface area contributed by atoms with E-state index in [4.69, 9.17) is 5.11 Å². The first kappa shape index (κ1) is 17.5. The van der Waals surface area contributed by atoms with E-state index in [1.54, 1.807) is 24.3 Å². The van der Waals surface area contributed by atoms with Crippen LogP contribution in [0.5, 0.6) is 0 Å². The Hall–Kier alpha value is -1.84. The zero-order chi connectivity index (χ0) is 16.8. The van der Waals surface area contributed by atoms with Crippen molar-refractivity contribution in [3.05, 3.63) is 35.4 Å². The van der Waals surface area contributed by atoms with Crippen LogP contribution < -0.4 is 0 Å². The third-order valence-corrected chi connectivity index (χ3v) is 4.90. The molecule has 1 unspecified atom stereocenters. The average Bonchev–Trinajstić information content (AvgIpc) is 2.79. The summed E-state index contributed by atoms with van der Waals surface area (Å²) in [5.41, 5.74) is 1.30. The molecule has 1 aromatic rings. The van der Waals surface area contributed by atoms with Crippen molar-refractivity contribution in [3.8, 4) is 0 Å². The summed E-state index contributed by atoms with van der Waals surface area (Å²) >= 11 is 0. The van der Waals surface area contributed by atoms with Crippen molar-refractivity contribution in [2.45, 2.75) is 46.0 Å². The number of carboxylic acid groups (broad SMARTS) is 1. The monoisotopic (exact) mass is 317 g/mol. The van der Waals surface area contributed by atoms with Crippen LogP contribution in [-0.4, -0.2) is 35.0 Å². The van der Waals surface area contributed by atoms with Crippen molar-refractivity contribution in [1.29, 1.82) is 0 Å². The molecule has 0 spiro atoms. The molecule has 23 heavy (non-hydrogen) atoms. The van der Waals surface area contributed by atoms with Gasteiger partial charge in [0.1, 0.15) is 0 Å². The standard InChI is InChI=1S/C19H27NO3/c1-14(2)16-4-3-12-20(13-11-16)18(21)10-7-15-5-8-17(9-6-15)19(22)23/h5-6,8-9,14,16H,3-4,7,10-13H2,1-2H3,(H,22,23). The van der Waals surface area contributed by atoms with Crippen LogP contribution in [0.1, 0.15) is 55.5 Å². The molecule has 0 aliphatic carbocycles. The van der Waals surface area contributed by atoms with E-state index in [1.807, 2.05) is 4.90 Å². The largest absolute Gasteiger partial charge is 0.478 e. The van der Waals surface area contributed by atoms with Gasteiger partial charge in [0.05, 0.1) is 5.56 Å². The maximum atomic E-state index is 12.4. The minimum atomic E-state index is -0.920. The number of benzene rings is 1. The number of likely N-dealkylation sites (tertiary alicyclic amines) is 1. The maximum absolute atomic E-state index is 12.4. The predicted octanol–water partition coefficient (Wildman–Crippen LogP) is 3.60. The van der Waals surface area contributed by atoms with Crippen LogP contribution >= 0.6 is 0 Å². The van der Waals surface area contributed by atoms with Crippen LogP contribution in [0.2, 0.25) is 0 Å². The van der Waals surface area contributed by atoms with Crippen LogP contribution in [0, 0.1) is 11.8 Å². The number of amides is 1. The van der Waals surface area contributed by atoms with Crippen molar-refractivity contribution < 1.29 is 14.7 Å². The highest BCUT2D eigenvalue weighted by Crippen LogP contribution is 2.24. The van der Waals surface area contributed by atoms with Gasteiger partial charge in [-0.1, -0.05) is 26.0 Å². The minimum absolute atomic E-state index is 0.219. The van der Waals surface area contributed by atoms with Crippen LogP contribution in [0.15, 0.2) is 24.3 Å². The molecule has 1 atom stereocenters. The van der Waals surface area contributed by atoms with Gasteiger partial charge in [-0.15, -0.1) is 0 Å². The number of aromatic carboxylic acids is 1. The Labute approximate surface area is 138 Å². The number of hydrogen-bond donors (Lipinski definition) is 1. The van der Waals surface area contributed by atoms with E-state index in [-0.39, 0.29) is 11.5 Å². The maximum Gasteiger partial charge on any atom is 0.335 e. The minimum Gasteiger partial charge on any atom is -0.478 e. The Morgan fingerprint density at radius 3 is 2.48 bits per heavy atom. The topological polar surface area (TPSA) is 57.6 Å². The van der Waals surface area contributed by atoms with Gasteiger partial charge in [0.15, 0.2) is 0 Å². The van der Waals surface area contributed by atoms with E-state index in [2.05, 4.69) is 13.8 Å². The molecule has 0 saturated carbocycles. The second-order valence-electron chi connectivity index (χ2n) is 6.82. The summed E-state index contributed by atoms with van der Waals surface area (Å²) in [4.78, 5) is 25.2. The summed E-state index contributed by atoms with van der Waals surface area (Å²) < 4.78 is 0. The summed E-state index contributed by atoms with van der Waals surface area (Å²) in [5, 5.41) is 8.89. The van der Waals surface area contributed by atoms with Gasteiger partial charge in [-0.25, -0.2) is 4.79 Å². The lowest BCUT2D eigenvalue weighted by Crippen LogP contribution is -2.32. The first-order valence-corrected chi connectivity index (χ1v) is 8.57. The van der Waals surface area contributed by atoms with Crippen molar-refractivity contribution in [2.75, 3.05) is 13.1 Å². The lowest BCUT2D eigenvalue weighted by atomic mass is 9.89. The number of carboxylic acids is 1. The number of hydrogen-bond acceptors (Lipinski definition) is 2. The lowest BCUT2D eigenvalue weighted by molar-refractivity contribution is -0.131. The number of carbonyl (C=O) groups is 2. The Bertz CT molecular complexity index is 536. The van der Waals surface area contributed by atoms with Gasteiger partial charge in [-0.3, -0.25) is 4.79 Å². The molecule has 0 radical (unpaired) electrons. The fourth-order valence-corrected chi connectivity index (χ4v) is 3.26.